The van der Waals surface area contributed by atoms with Crippen molar-refractivity contribution in [2.45, 2.75) is 63.6 Å². The fourth-order valence-corrected chi connectivity index (χ4v) is 3.61. The Morgan fingerprint density at radius 2 is 1.89 bits per heavy atom. The highest BCUT2D eigenvalue weighted by molar-refractivity contribution is 5.79. The molecule has 0 bridgehead atoms. The molecule has 2 saturated carbocycles. The topological polar surface area (TPSA) is 35.6 Å². The van der Waals surface area contributed by atoms with Crippen molar-refractivity contribution in [1.82, 2.24) is 15.1 Å². The van der Waals surface area contributed by atoms with Crippen molar-refractivity contribution in [1.29, 1.82) is 0 Å². The van der Waals surface area contributed by atoms with Crippen molar-refractivity contribution in [2.75, 3.05) is 26.2 Å². The van der Waals surface area contributed by atoms with E-state index in [1.54, 1.807) is 0 Å². The van der Waals surface area contributed by atoms with Crippen LogP contribution in [0.5, 0.6) is 0 Å². The molecule has 0 spiro atoms. The number of nitrogens with one attached hydrogen (secondary N) is 1. The highest BCUT2D eigenvalue weighted by Crippen LogP contribution is 2.34. The first kappa shape index (κ1) is 13.4. The molecule has 1 atom stereocenters. The van der Waals surface area contributed by atoms with Crippen LogP contribution in [0.4, 0.5) is 0 Å². The highest BCUT2D eigenvalue weighted by Gasteiger charge is 2.38. The average molecular weight is 265 g/mol. The molecule has 4 heteroatoms. The third kappa shape index (κ3) is 3.11. The lowest BCUT2D eigenvalue weighted by atomic mass is 10.1. The van der Waals surface area contributed by atoms with Crippen molar-refractivity contribution in [3.63, 3.8) is 0 Å². The van der Waals surface area contributed by atoms with Gasteiger partial charge in [0.25, 0.3) is 0 Å². The van der Waals surface area contributed by atoms with Crippen LogP contribution in [0, 0.1) is 0 Å². The van der Waals surface area contributed by atoms with Crippen LogP contribution in [0.25, 0.3) is 0 Å². The van der Waals surface area contributed by atoms with Crippen LogP contribution in [-0.4, -0.2) is 60.0 Å². The number of carbonyl (C=O) groups is 1. The summed E-state index contributed by atoms with van der Waals surface area (Å²) in [6, 6.07) is 1.62. The first-order valence-electron chi connectivity index (χ1n) is 8.01. The van der Waals surface area contributed by atoms with Gasteiger partial charge in [-0.1, -0.05) is 12.8 Å². The summed E-state index contributed by atoms with van der Waals surface area (Å²) in [7, 11) is 0. The Labute approximate surface area is 116 Å². The standard InChI is InChI=1S/C15H27N3O/c1-12-10-16-8-9-17(12)11-15(19)18(14-6-7-14)13-4-2-3-5-13/h12-14,16H,2-11H2,1H3/t12-/m0/s1. The minimum absolute atomic E-state index is 0.392. The number of nitrogens with zero attached hydrogens (tertiary/aromatic N) is 2. The van der Waals surface area contributed by atoms with Gasteiger partial charge in [0.2, 0.25) is 5.91 Å². The predicted molar refractivity (Wildman–Crippen MR) is 76.0 cm³/mol. The molecule has 19 heavy (non-hydrogen) atoms. The fraction of sp³-hybridized carbons (Fsp3) is 0.933. The minimum atomic E-state index is 0.392. The van der Waals surface area contributed by atoms with Gasteiger partial charge in [-0.3, -0.25) is 9.69 Å². The van der Waals surface area contributed by atoms with Crippen LogP contribution >= 0.6 is 0 Å². The Morgan fingerprint density at radius 3 is 2.53 bits per heavy atom. The molecule has 1 heterocycles. The number of hydrogen-bond acceptors (Lipinski definition) is 3. The van der Waals surface area contributed by atoms with Gasteiger partial charge in [-0.25, -0.2) is 0 Å². The molecule has 0 aromatic rings. The van der Waals surface area contributed by atoms with Crippen LogP contribution in [0.3, 0.4) is 0 Å². The van der Waals surface area contributed by atoms with E-state index in [1.165, 1.54) is 38.5 Å². The molecule has 0 unspecified atom stereocenters. The average Bonchev–Trinajstić information content (AvgIpc) is 3.07. The van der Waals surface area contributed by atoms with Crippen LogP contribution in [-0.2, 0) is 4.79 Å². The Bertz CT molecular complexity index is 323. The molecule has 3 fully saturated rings. The number of amides is 1. The number of piperazine rings is 1. The van der Waals surface area contributed by atoms with E-state index in [9.17, 15) is 4.79 Å². The second-order valence-electron chi connectivity index (χ2n) is 6.49. The Balaban J connectivity index is 1.60. The third-order valence-corrected chi connectivity index (χ3v) is 4.92. The molecule has 3 rings (SSSR count). The molecule has 4 nitrogen and oxygen atoms in total. The van der Waals surface area contributed by atoms with Gasteiger partial charge >= 0.3 is 0 Å². The van der Waals surface area contributed by atoms with Crippen molar-refractivity contribution >= 4 is 5.91 Å². The zero-order chi connectivity index (χ0) is 13.2. The summed E-state index contributed by atoms with van der Waals surface area (Å²) in [5.74, 6) is 0.392. The quantitative estimate of drug-likeness (QED) is 0.830. The van der Waals surface area contributed by atoms with E-state index in [0.29, 0.717) is 30.6 Å². The van der Waals surface area contributed by atoms with Crippen molar-refractivity contribution in [3.05, 3.63) is 0 Å². The lowest BCUT2D eigenvalue weighted by molar-refractivity contribution is -0.136. The van der Waals surface area contributed by atoms with Gasteiger partial charge in [0.15, 0.2) is 0 Å². The van der Waals surface area contributed by atoms with Gasteiger partial charge in [-0.2, -0.15) is 0 Å². The van der Waals surface area contributed by atoms with E-state index in [1.807, 2.05) is 0 Å². The molecule has 108 valence electrons. The minimum Gasteiger partial charge on any atom is -0.336 e. The summed E-state index contributed by atoms with van der Waals surface area (Å²) < 4.78 is 0. The van der Waals surface area contributed by atoms with E-state index in [2.05, 4.69) is 22.0 Å². The summed E-state index contributed by atoms with van der Waals surface area (Å²) >= 11 is 0. The molecule has 1 aliphatic heterocycles. The maximum absolute atomic E-state index is 12.7. The molecule has 1 N–H and O–H groups in total. The second-order valence-corrected chi connectivity index (χ2v) is 6.49. The summed E-state index contributed by atoms with van der Waals surface area (Å²) in [5.41, 5.74) is 0. The molecule has 1 saturated heterocycles. The summed E-state index contributed by atoms with van der Waals surface area (Å²) in [6.45, 7) is 5.90. The van der Waals surface area contributed by atoms with E-state index in [4.69, 9.17) is 0 Å². The normalized spacial score (nSPS) is 29.6. The zero-order valence-electron chi connectivity index (χ0n) is 12.1. The predicted octanol–water partition coefficient (Wildman–Crippen LogP) is 1.21. The molecular formula is C15H27N3O. The van der Waals surface area contributed by atoms with Crippen molar-refractivity contribution in [2.24, 2.45) is 0 Å². The highest BCUT2D eigenvalue weighted by atomic mass is 16.2. The SMILES string of the molecule is C[C@H]1CNCCN1CC(=O)N(C1CCCC1)C1CC1. The lowest BCUT2D eigenvalue weighted by Gasteiger charge is -2.36. The number of rotatable bonds is 4. The van der Waals surface area contributed by atoms with Crippen LogP contribution in [0.1, 0.15) is 45.4 Å². The van der Waals surface area contributed by atoms with Gasteiger partial charge in [0.05, 0.1) is 6.54 Å². The first-order valence-corrected chi connectivity index (χ1v) is 8.01. The smallest absolute Gasteiger partial charge is 0.237 e. The van der Waals surface area contributed by atoms with Crippen molar-refractivity contribution < 1.29 is 4.79 Å². The number of carbonyl (C=O) groups excluding carboxylic acids is 1. The first-order chi connectivity index (χ1) is 9.25. The molecule has 2 aliphatic carbocycles. The van der Waals surface area contributed by atoms with Crippen molar-refractivity contribution in [3.8, 4) is 0 Å². The van der Waals surface area contributed by atoms with Gasteiger partial charge in [-0.05, 0) is 32.6 Å². The molecule has 1 amide bonds. The third-order valence-electron chi connectivity index (χ3n) is 4.92. The van der Waals surface area contributed by atoms with E-state index in [-0.39, 0.29) is 0 Å². The van der Waals surface area contributed by atoms with E-state index < -0.39 is 0 Å². The maximum Gasteiger partial charge on any atom is 0.237 e. The van der Waals surface area contributed by atoms with Gasteiger partial charge in [0.1, 0.15) is 0 Å². The molecule has 3 aliphatic rings. The molecule has 0 aromatic carbocycles. The largest absolute Gasteiger partial charge is 0.336 e. The van der Waals surface area contributed by atoms with Gasteiger partial charge in [-0.15, -0.1) is 0 Å². The van der Waals surface area contributed by atoms with Crippen LogP contribution < -0.4 is 5.32 Å². The number of hydrogen-bond donors (Lipinski definition) is 1. The zero-order valence-corrected chi connectivity index (χ0v) is 12.1. The van der Waals surface area contributed by atoms with E-state index >= 15 is 0 Å². The van der Waals surface area contributed by atoms with Gasteiger partial charge in [0, 0.05) is 37.8 Å². The molecule has 0 aromatic heterocycles. The Hall–Kier alpha value is -0.610. The van der Waals surface area contributed by atoms with Crippen LogP contribution in [0.15, 0.2) is 0 Å². The van der Waals surface area contributed by atoms with Crippen LogP contribution in [0.2, 0.25) is 0 Å². The second kappa shape index (κ2) is 5.80. The van der Waals surface area contributed by atoms with E-state index in [0.717, 1.165) is 19.6 Å². The van der Waals surface area contributed by atoms with Gasteiger partial charge < -0.3 is 10.2 Å². The summed E-state index contributed by atoms with van der Waals surface area (Å²) in [4.78, 5) is 17.3. The fourth-order valence-electron chi connectivity index (χ4n) is 3.61. The summed E-state index contributed by atoms with van der Waals surface area (Å²) in [6.07, 6.45) is 7.56. The molecule has 0 radical (unpaired) electrons. The maximum atomic E-state index is 12.7. The lowest BCUT2D eigenvalue weighted by Crippen LogP contribution is -2.54. The monoisotopic (exact) mass is 265 g/mol. The molecular weight excluding hydrogens is 238 g/mol. The Morgan fingerprint density at radius 1 is 1.21 bits per heavy atom. The Kier molecular flexibility index (Phi) is 4.08. The summed E-state index contributed by atoms with van der Waals surface area (Å²) in [5, 5.41) is 3.39.